The molecule has 0 aliphatic carbocycles. The average Bonchev–Trinajstić information content (AvgIpc) is 3.57. The number of rotatable bonds is 5. The van der Waals surface area contributed by atoms with Crippen molar-refractivity contribution in [2.24, 2.45) is 0 Å². The lowest BCUT2D eigenvalue weighted by Gasteiger charge is -2.25. The van der Waals surface area contributed by atoms with Crippen LogP contribution in [-0.4, -0.2) is 4.40 Å². The first-order valence-corrected chi connectivity index (χ1v) is 16.5. The number of fused-ring (bicyclic) bond motifs is 8. The van der Waals surface area contributed by atoms with Crippen molar-refractivity contribution in [1.82, 2.24) is 4.40 Å². The number of para-hydroxylation sites is 2. The smallest absolute Gasteiger partial charge is 0.0622 e. The van der Waals surface area contributed by atoms with Gasteiger partial charge in [-0.05, 0) is 105 Å². The van der Waals surface area contributed by atoms with Gasteiger partial charge in [0.2, 0.25) is 0 Å². The van der Waals surface area contributed by atoms with Crippen molar-refractivity contribution in [2.75, 3.05) is 4.90 Å². The van der Waals surface area contributed by atoms with E-state index in [2.05, 4.69) is 170 Å². The molecule has 0 spiro atoms. The second-order valence-electron chi connectivity index (χ2n) is 13.5. The van der Waals surface area contributed by atoms with E-state index in [1.165, 1.54) is 76.5 Å². The van der Waals surface area contributed by atoms with Gasteiger partial charge in [0.25, 0.3) is 0 Å². The minimum absolute atomic E-state index is 0.486. The summed E-state index contributed by atoms with van der Waals surface area (Å²) in [7, 11) is 0. The highest BCUT2D eigenvalue weighted by atomic mass is 15.1. The molecule has 0 unspecified atom stereocenters. The fraction of sp³-hybridized carbons (Fsp3) is 0.136. The maximum Gasteiger partial charge on any atom is 0.0622 e. The van der Waals surface area contributed by atoms with E-state index in [0.717, 1.165) is 11.4 Å². The predicted molar refractivity (Wildman–Crippen MR) is 199 cm³/mol. The molecule has 0 radical (unpaired) electrons. The molecule has 9 rings (SSSR count). The van der Waals surface area contributed by atoms with Crippen LogP contribution in [-0.2, 0) is 0 Å². The topological polar surface area (TPSA) is 7.65 Å². The Hall–Kier alpha value is -5.34. The van der Waals surface area contributed by atoms with Gasteiger partial charge in [0.15, 0.2) is 0 Å². The number of nitrogens with zero attached hydrogens (tertiary/aromatic N) is 2. The highest BCUT2D eigenvalue weighted by molar-refractivity contribution is 6.27. The van der Waals surface area contributed by atoms with Gasteiger partial charge >= 0.3 is 0 Å². The van der Waals surface area contributed by atoms with E-state index >= 15 is 0 Å². The largest absolute Gasteiger partial charge is 0.310 e. The van der Waals surface area contributed by atoms with Crippen LogP contribution in [0.15, 0.2) is 133 Å². The Morgan fingerprint density at radius 2 is 0.870 bits per heavy atom. The van der Waals surface area contributed by atoms with Crippen LogP contribution < -0.4 is 4.90 Å². The quantitative estimate of drug-likeness (QED) is 0.193. The summed E-state index contributed by atoms with van der Waals surface area (Å²) in [5, 5.41) is 10.3. The van der Waals surface area contributed by atoms with Crippen LogP contribution >= 0.6 is 0 Å². The molecule has 2 aromatic heterocycles. The molecular formula is C44H36N2. The fourth-order valence-electron chi connectivity index (χ4n) is 7.50. The third-order valence-electron chi connectivity index (χ3n) is 9.96. The summed E-state index contributed by atoms with van der Waals surface area (Å²) in [5.74, 6) is 0.973. The zero-order valence-electron chi connectivity index (χ0n) is 26.8. The van der Waals surface area contributed by atoms with Gasteiger partial charge in [0, 0.05) is 38.6 Å². The molecule has 222 valence electrons. The van der Waals surface area contributed by atoms with Crippen molar-refractivity contribution in [3.63, 3.8) is 0 Å². The Morgan fingerprint density at radius 3 is 1.30 bits per heavy atom. The van der Waals surface area contributed by atoms with Crippen molar-refractivity contribution in [3.8, 4) is 0 Å². The number of benzene rings is 7. The second kappa shape index (κ2) is 10.1. The van der Waals surface area contributed by atoms with Crippen molar-refractivity contribution in [3.05, 3.63) is 145 Å². The van der Waals surface area contributed by atoms with Crippen LogP contribution in [0.5, 0.6) is 0 Å². The molecule has 9 aromatic rings. The lowest BCUT2D eigenvalue weighted by Crippen LogP contribution is -2.09. The van der Waals surface area contributed by atoms with Crippen LogP contribution in [0.25, 0.3) is 59.6 Å². The predicted octanol–water partition coefficient (Wildman–Crippen LogP) is 12.9. The number of anilines is 3. The van der Waals surface area contributed by atoms with Gasteiger partial charge in [-0.3, -0.25) is 0 Å². The van der Waals surface area contributed by atoms with Gasteiger partial charge in [-0.2, -0.15) is 0 Å². The summed E-state index contributed by atoms with van der Waals surface area (Å²) in [6, 6.07) is 50.0. The van der Waals surface area contributed by atoms with Crippen molar-refractivity contribution < 1.29 is 0 Å². The maximum atomic E-state index is 2.53. The highest BCUT2D eigenvalue weighted by Gasteiger charge is 2.22. The van der Waals surface area contributed by atoms with Gasteiger partial charge in [-0.25, -0.2) is 0 Å². The third-order valence-corrected chi connectivity index (χ3v) is 9.96. The Bertz CT molecular complexity index is 2400. The van der Waals surface area contributed by atoms with Gasteiger partial charge in [0.05, 0.1) is 16.6 Å². The van der Waals surface area contributed by atoms with E-state index in [4.69, 9.17) is 0 Å². The molecule has 46 heavy (non-hydrogen) atoms. The molecule has 7 aromatic carbocycles. The molecule has 2 heterocycles. The first kappa shape index (κ1) is 27.0. The molecule has 0 saturated heterocycles. The van der Waals surface area contributed by atoms with Gasteiger partial charge in [0.1, 0.15) is 0 Å². The Labute approximate surface area is 269 Å². The van der Waals surface area contributed by atoms with Crippen LogP contribution in [0.3, 0.4) is 0 Å². The summed E-state index contributed by atoms with van der Waals surface area (Å²) in [6.07, 6.45) is 0. The average molecular weight is 593 g/mol. The van der Waals surface area contributed by atoms with E-state index in [1.54, 1.807) is 0 Å². The molecule has 0 atom stereocenters. The van der Waals surface area contributed by atoms with Crippen molar-refractivity contribution >= 4 is 76.7 Å². The van der Waals surface area contributed by atoms with Gasteiger partial charge in [-0.15, -0.1) is 0 Å². The molecular weight excluding hydrogens is 556 g/mol. The van der Waals surface area contributed by atoms with E-state index in [0.29, 0.717) is 11.8 Å². The molecule has 0 aliphatic rings. The SMILES string of the molecule is CC(C)c1ccc2cc3c(cc2c1)c1cc(N(c2ccccc2)c2ccccc2)cc2c4cc5cc(C(C)C)ccc5cc4n3c12. The van der Waals surface area contributed by atoms with Crippen LogP contribution in [0.1, 0.15) is 50.7 Å². The summed E-state index contributed by atoms with van der Waals surface area (Å²) in [4.78, 5) is 2.40. The number of aromatic nitrogens is 1. The van der Waals surface area contributed by atoms with Crippen molar-refractivity contribution in [2.45, 2.75) is 39.5 Å². The monoisotopic (exact) mass is 592 g/mol. The summed E-state index contributed by atoms with van der Waals surface area (Å²) in [5.41, 5.74) is 10.0. The maximum absolute atomic E-state index is 2.53. The van der Waals surface area contributed by atoms with Crippen LogP contribution in [0.2, 0.25) is 0 Å². The third kappa shape index (κ3) is 4.03. The first-order chi connectivity index (χ1) is 22.4. The number of hydrogen-bond donors (Lipinski definition) is 0. The molecule has 2 nitrogen and oxygen atoms in total. The standard InChI is InChI=1S/C44H36N2/c1-27(2)29-15-17-31-23-42-38(21-33(31)19-29)40-25-37(45(35-11-7-5-8-12-35)36-13-9-6-10-14-36)26-41-39-22-34-20-30(28(3)4)16-18-32(34)24-43(39)46(42)44(40)41/h5-28H,1-4H3. The number of hydrogen-bond acceptors (Lipinski definition) is 1. The fourth-order valence-corrected chi connectivity index (χ4v) is 7.50. The van der Waals surface area contributed by atoms with E-state index < -0.39 is 0 Å². The Morgan fingerprint density at radius 1 is 0.413 bits per heavy atom. The highest BCUT2D eigenvalue weighted by Crippen LogP contribution is 2.46. The molecule has 0 bridgehead atoms. The molecule has 0 fully saturated rings. The Balaban J connectivity index is 1.44. The molecule has 0 amide bonds. The molecule has 0 aliphatic heterocycles. The van der Waals surface area contributed by atoms with E-state index in [9.17, 15) is 0 Å². The first-order valence-electron chi connectivity index (χ1n) is 16.5. The van der Waals surface area contributed by atoms with Gasteiger partial charge in [-0.1, -0.05) is 100 Å². The van der Waals surface area contributed by atoms with Crippen molar-refractivity contribution in [1.29, 1.82) is 0 Å². The summed E-state index contributed by atoms with van der Waals surface area (Å²) < 4.78 is 2.53. The molecule has 0 N–H and O–H groups in total. The minimum Gasteiger partial charge on any atom is -0.310 e. The van der Waals surface area contributed by atoms with E-state index in [1.807, 2.05) is 0 Å². The van der Waals surface area contributed by atoms with Crippen LogP contribution in [0.4, 0.5) is 17.1 Å². The summed E-state index contributed by atoms with van der Waals surface area (Å²) >= 11 is 0. The Kier molecular flexibility index (Phi) is 5.92. The zero-order chi connectivity index (χ0) is 31.1. The molecule has 0 saturated carbocycles. The van der Waals surface area contributed by atoms with Crippen LogP contribution in [0, 0.1) is 0 Å². The second-order valence-corrected chi connectivity index (χ2v) is 13.5. The minimum atomic E-state index is 0.486. The summed E-state index contributed by atoms with van der Waals surface area (Å²) in [6.45, 7) is 9.09. The lowest BCUT2D eigenvalue weighted by molar-refractivity contribution is 0.869. The normalized spacial score (nSPS) is 12.3. The molecule has 2 heteroatoms. The van der Waals surface area contributed by atoms with E-state index in [-0.39, 0.29) is 0 Å². The lowest BCUT2D eigenvalue weighted by atomic mass is 9.96. The zero-order valence-corrected chi connectivity index (χ0v) is 26.8. The van der Waals surface area contributed by atoms with Gasteiger partial charge < -0.3 is 9.30 Å².